The maximum absolute atomic E-state index is 12.3. The van der Waals surface area contributed by atoms with Gasteiger partial charge in [0.1, 0.15) is 0 Å². The van der Waals surface area contributed by atoms with E-state index in [0.717, 1.165) is 17.7 Å². The van der Waals surface area contributed by atoms with E-state index >= 15 is 0 Å². The Hall–Kier alpha value is -2.00. The van der Waals surface area contributed by atoms with Gasteiger partial charge in [-0.2, -0.15) is 5.26 Å². The van der Waals surface area contributed by atoms with Crippen molar-refractivity contribution >= 4 is 23.6 Å². The Bertz CT molecular complexity index is 567. The van der Waals surface area contributed by atoms with Crippen molar-refractivity contribution in [2.45, 2.75) is 32.4 Å². The number of nitriles is 1. The van der Waals surface area contributed by atoms with Crippen molar-refractivity contribution in [3.8, 4) is 6.07 Å². The second-order valence-electron chi connectivity index (χ2n) is 5.24. The van der Waals surface area contributed by atoms with Gasteiger partial charge < -0.3 is 9.64 Å². The fraction of sp³-hybridized carbons (Fsp3) is 0.500. The van der Waals surface area contributed by atoms with Crippen molar-refractivity contribution < 1.29 is 14.3 Å². The normalized spacial score (nSPS) is 10.0. The van der Waals surface area contributed by atoms with Gasteiger partial charge in [-0.25, -0.2) is 0 Å². The lowest BCUT2D eigenvalue weighted by atomic mass is 10.2. The first-order valence-electron chi connectivity index (χ1n) is 8.10. The number of hydrogen-bond acceptors (Lipinski definition) is 5. The van der Waals surface area contributed by atoms with Crippen LogP contribution in [-0.2, 0) is 20.1 Å². The molecule has 5 nitrogen and oxygen atoms in total. The zero-order chi connectivity index (χ0) is 17.8. The predicted molar refractivity (Wildman–Crippen MR) is 95.4 cm³/mol. The molecule has 0 saturated heterocycles. The van der Waals surface area contributed by atoms with Crippen molar-refractivity contribution in [3.05, 3.63) is 35.4 Å². The van der Waals surface area contributed by atoms with Gasteiger partial charge in [0, 0.05) is 18.8 Å². The topological polar surface area (TPSA) is 70.4 Å². The Morgan fingerprint density at radius 3 is 2.50 bits per heavy atom. The molecule has 0 atom stereocenters. The van der Waals surface area contributed by atoms with Gasteiger partial charge in [0.05, 0.1) is 30.4 Å². The number of carbonyl (C=O) groups is 2. The minimum absolute atomic E-state index is 0.0415. The summed E-state index contributed by atoms with van der Waals surface area (Å²) in [5.74, 6) is 0.870. The number of nitrogens with zero attached hydrogens (tertiary/aromatic N) is 2. The van der Waals surface area contributed by atoms with Crippen LogP contribution in [0.4, 0.5) is 0 Å². The number of ether oxygens (including phenoxy) is 1. The van der Waals surface area contributed by atoms with Crippen LogP contribution in [-0.4, -0.2) is 42.2 Å². The van der Waals surface area contributed by atoms with Crippen molar-refractivity contribution in [2.24, 2.45) is 0 Å². The van der Waals surface area contributed by atoms with Crippen molar-refractivity contribution in [3.63, 3.8) is 0 Å². The molecule has 130 valence electrons. The number of carbonyl (C=O) groups excluding carboxylic acids is 2. The SMILES string of the molecule is CCCN(CCC(=O)OCC)C(=O)CSCc1ccc(C#N)cc1. The number of esters is 1. The van der Waals surface area contributed by atoms with Gasteiger partial charge in [0.25, 0.3) is 0 Å². The molecule has 0 radical (unpaired) electrons. The summed E-state index contributed by atoms with van der Waals surface area (Å²) in [6, 6.07) is 9.45. The molecule has 0 aliphatic rings. The third-order valence-electron chi connectivity index (χ3n) is 3.31. The van der Waals surface area contributed by atoms with Gasteiger partial charge in [-0.15, -0.1) is 11.8 Å². The van der Waals surface area contributed by atoms with Crippen LogP contribution in [0.5, 0.6) is 0 Å². The number of hydrogen-bond donors (Lipinski definition) is 0. The highest BCUT2D eigenvalue weighted by molar-refractivity contribution is 7.99. The van der Waals surface area contributed by atoms with Gasteiger partial charge in [0.15, 0.2) is 0 Å². The standard InChI is InChI=1S/C18H24N2O3S/c1-3-10-20(11-9-18(22)23-4-2)17(21)14-24-13-16-7-5-15(12-19)6-8-16/h5-8H,3-4,9-11,13-14H2,1-2H3. The molecule has 0 heterocycles. The summed E-state index contributed by atoms with van der Waals surface area (Å²) < 4.78 is 4.90. The highest BCUT2D eigenvalue weighted by atomic mass is 32.2. The molecule has 0 spiro atoms. The summed E-state index contributed by atoms with van der Waals surface area (Å²) in [7, 11) is 0. The van der Waals surface area contributed by atoms with E-state index in [-0.39, 0.29) is 18.3 Å². The van der Waals surface area contributed by atoms with Crippen LogP contribution in [0.1, 0.15) is 37.8 Å². The largest absolute Gasteiger partial charge is 0.466 e. The Morgan fingerprint density at radius 2 is 1.92 bits per heavy atom. The van der Waals surface area contributed by atoms with E-state index in [1.54, 1.807) is 24.0 Å². The second-order valence-corrected chi connectivity index (χ2v) is 6.22. The van der Waals surface area contributed by atoms with Crippen LogP contribution in [0.25, 0.3) is 0 Å². The number of amides is 1. The quantitative estimate of drug-likeness (QED) is 0.608. The van der Waals surface area contributed by atoms with E-state index in [1.807, 2.05) is 19.1 Å². The summed E-state index contributed by atoms with van der Waals surface area (Å²) >= 11 is 1.54. The van der Waals surface area contributed by atoms with Crippen LogP contribution < -0.4 is 0 Å². The summed E-state index contributed by atoms with van der Waals surface area (Å²) in [5, 5.41) is 8.77. The first kappa shape index (κ1) is 20.0. The zero-order valence-corrected chi connectivity index (χ0v) is 15.1. The monoisotopic (exact) mass is 348 g/mol. The maximum atomic E-state index is 12.3. The summed E-state index contributed by atoms with van der Waals surface area (Å²) in [6.07, 6.45) is 1.09. The van der Waals surface area contributed by atoms with Crippen molar-refractivity contribution in [1.29, 1.82) is 5.26 Å². The molecule has 0 aromatic heterocycles. The summed E-state index contributed by atoms with van der Waals surface area (Å²) in [4.78, 5) is 25.5. The fourth-order valence-corrected chi connectivity index (χ4v) is 3.00. The second kappa shape index (κ2) is 11.5. The molecule has 24 heavy (non-hydrogen) atoms. The van der Waals surface area contributed by atoms with Gasteiger partial charge in [-0.3, -0.25) is 9.59 Å². The maximum Gasteiger partial charge on any atom is 0.307 e. The zero-order valence-electron chi connectivity index (χ0n) is 14.3. The number of thioether (sulfide) groups is 1. The summed E-state index contributed by atoms with van der Waals surface area (Å²) in [6.45, 7) is 5.20. The third-order valence-corrected chi connectivity index (χ3v) is 4.30. The van der Waals surface area contributed by atoms with Gasteiger partial charge in [-0.1, -0.05) is 19.1 Å². The van der Waals surface area contributed by atoms with E-state index < -0.39 is 0 Å². The summed E-state index contributed by atoms with van der Waals surface area (Å²) in [5.41, 5.74) is 1.72. The molecule has 1 aromatic rings. The number of benzene rings is 1. The smallest absolute Gasteiger partial charge is 0.307 e. The molecule has 1 amide bonds. The Kier molecular flexibility index (Phi) is 9.62. The molecular weight excluding hydrogens is 324 g/mol. The molecule has 0 unspecified atom stereocenters. The minimum atomic E-state index is -0.267. The fourth-order valence-electron chi connectivity index (χ4n) is 2.11. The average Bonchev–Trinajstić information content (AvgIpc) is 2.59. The van der Waals surface area contributed by atoms with Crippen LogP contribution in [0.2, 0.25) is 0 Å². The molecule has 0 bridgehead atoms. The lowest BCUT2D eigenvalue weighted by Crippen LogP contribution is -2.35. The van der Waals surface area contributed by atoms with E-state index in [4.69, 9.17) is 10.00 Å². The van der Waals surface area contributed by atoms with E-state index in [9.17, 15) is 9.59 Å². The molecule has 0 fully saturated rings. The molecule has 0 saturated carbocycles. The predicted octanol–water partition coefficient (Wildman–Crippen LogP) is 2.98. The highest BCUT2D eigenvalue weighted by Gasteiger charge is 2.14. The van der Waals surface area contributed by atoms with Crippen LogP contribution >= 0.6 is 11.8 Å². The molecule has 1 aromatic carbocycles. The van der Waals surface area contributed by atoms with Crippen molar-refractivity contribution in [2.75, 3.05) is 25.4 Å². The van der Waals surface area contributed by atoms with E-state index in [0.29, 0.717) is 31.0 Å². The Labute approximate surface area is 148 Å². The molecule has 0 aliphatic carbocycles. The lowest BCUT2D eigenvalue weighted by molar-refractivity contribution is -0.143. The van der Waals surface area contributed by atoms with E-state index in [1.165, 1.54) is 11.8 Å². The van der Waals surface area contributed by atoms with Crippen LogP contribution in [0, 0.1) is 11.3 Å². The molecule has 1 rings (SSSR count). The third kappa shape index (κ3) is 7.51. The molecule has 0 aliphatic heterocycles. The van der Waals surface area contributed by atoms with Crippen LogP contribution in [0.15, 0.2) is 24.3 Å². The molecule has 0 N–H and O–H groups in total. The average molecular weight is 348 g/mol. The van der Waals surface area contributed by atoms with Crippen LogP contribution in [0.3, 0.4) is 0 Å². The van der Waals surface area contributed by atoms with Gasteiger partial charge >= 0.3 is 5.97 Å². The molecule has 6 heteroatoms. The minimum Gasteiger partial charge on any atom is -0.466 e. The van der Waals surface area contributed by atoms with Gasteiger partial charge in [0.2, 0.25) is 5.91 Å². The van der Waals surface area contributed by atoms with E-state index in [2.05, 4.69) is 6.07 Å². The van der Waals surface area contributed by atoms with Gasteiger partial charge in [-0.05, 0) is 31.0 Å². The number of rotatable bonds is 10. The lowest BCUT2D eigenvalue weighted by Gasteiger charge is -2.21. The Morgan fingerprint density at radius 1 is 1.21 bits per heavy atom. The Balaban J connectivity index is 2.40. The van der Waals surface area contributed by atoms with Crippen molar-refractivity contribution in [1.82, 2.24) is 4.90 Å². The highest BCUT2D eigenvalue weighted by Crippen LogP contribution is 2.14. The first-order valence-corrected chi connectivity index (χ1v) is 9.26. The first-order chi connectivity index (χ1) is 11.6. The molecular formula is C18H24N2O3S.